The predicted octanol–water partition coefficient (Wildman–Crippen LogP) is 14.4. The summed E-state index contributed by atoms with van der Waals surface area (Å²) in [6.07, 6.45) is 7.54. The summed E-state index contributed by atoms with van der Waals surface area (Å²) in [6.45, 7) is 42.9. The first-order chi connectivity index (χ1) is 26.6. The van der Waals surface area contributed by atoms with Crippen LogP contribution in [0.2, 0.25) is 0 Å². The monoisotopic (exact) mass is 787 g/mol. The molecule has 0 amide bonds. The molecule has 0 aliphatic heterocycles. The smallest absolute Gasteiger partial charge is 0.131 e. The fraction of sp³-hybridized carbons (Fsp3) is 0.630. The van der Waals surface area contributed by atoms with Crippen LogP contribution in [0.25, 0.3) is 0 Å². The van der Waals surface area contributed by atoms with Crippen LogP contribution >= 0.6 is 0 Å². The Kier molecular flexibility index (Phi) is 20.1. The van der Waals surface area contributed by atoms with E-state index in [1.165, 1.54) is 47.9 Å². The average Bonchev–Trinajstić information content (AvgIpc) is 3.08. The largest absolute Gasteiger partial charge is 0.178 e. The van der Waals surface area contributed by atoms with Crippen molar-refractivity contribution in [3.05, 3.63) is 82.4 Å². The van der Waals surface area contributed by atoms with Gasteiger partial charge >= 0.3 is 0 Å². The molecule has 58 heavy (non-hydrogen) atoms. The van der Waals surface area contributed by atoms with Gasteiger partial charge in [0.2, 0.25) is 0 Å². The van der Waals surface area contributed by atoms with E-state index in [0.717, 1.165) is 12.8 Å². The van der Waals surface area contributed by atoms with Gasteiger partial charge in [0.25, 0.3) is 0 Å². The molecule has 1 aromatic heterocycles. The van der Waals surface area contributed by atoms with Gasteiger partial charge in [0.15, 0.2) is 11.6 Å². The molecule has 0 bridgehead atoms. The average molecular weight is 787 g/mol. The Hall–Kier alpha value is -3.94. The van der Waals surface area contributed by atoms with Crippen molar-refractivity contribution in [2.45, 2.75) is 194 Å². The predicted molar refractivity (Wildman–Crippen MR) is 252 cm³/mol. The van der Waals surface area contributed by atoms with Crippen LogP contribution in [0.1, 0.15) is 210 Å². The lowest BCUT2D eigenvalue weighted by Crippen LogP contribution is -2.23. The van der Waals surface area contributed by atoms with Gasteiger partial charge in [-0.3, -0.25) is 0 Å². The lowest BCUT2D eigenvalue weighted by molar-refractivity contribution is 0.279. The highest BCUT2D eigenvalue weighted by molar-refractivity contribution is 5.53. The van der Waals surface area contributed by atoms with Gasteiger partial charge in [0.1, 0.15) is 0 Å². The quantitative estimate of drug-likeness (QED) is 0.213. The molecule has 0 spiro atoms. The van der Waals surface area contributed by atoms with Crippen molar-refractivity contribution < 1.29 is 0 Å². The van der Waals surface area contributed by atoms with E-state index in [1.807, 2.05) is 55.4 Å². The molecule has 3 aromatic rings. The minimum atomic E-state index is -0.0869. The van der Waals surface area contributed by atoms with E-state index in [9.17, 15) is 0 Å². The molecule has 2 aromatic carbocycles. The van der Waals surface area contributed by atoms with Gasteiger partial charge in [-0.25, -0.2) is 0 Å². The standard InChI is InChI=1S/C20H20.C12H20.C10H18N4.C10H18.C2H6/c1-20(2,3)19-14-17-10-5-4-8-15(17)12-13-16-9-6-7-11-18(16)19;1-12(2,3)11-9-7-5-4-6-8-10-11;1-9(2,3)7-11-13-8(14-12-7)10(4,5)6;1-9(2,3)7-8-10(4,5)6;1-2/h4-11,19H,14H2,1-3H3;11H,4-7,9H2,1-3H3;1-6H3;1-6H3;1-2H3. The van der Waals surface area contributed by atoms with Crippen LogP contribution in [-0.2, 0) is 17.3 Å². The van der Waals surface area contributed by atoms with Gasteiger partial charge in [-0.05, 0) is 101 Å². The molecule has 5 rings (SSSR count). The van der Waals surface area contributed by atoms with Crippen molar-refractivity contribution in [2.75, 3.05) is 0 Å². The van der Waals surface area contributed by atoms with Gasteiger partial charge in [0.05, 0.1) is 0 Å². The highest BCUT2D eigenvalue weighted by atomic mass is 15.3. The molecule has 0 radical (unpaired) electrons. The molecule has 1 heterocycles. The molecule has 2 aliphatic carbocycles. The summed E-state index contributed by atoms with van der Waals surface area (Å²) in [5, 5.41) is 16.4. The zero-order valence-corrected chi connectivity index (χ0v) is 40.8. The van der Waals surface area contributed by atoms with Crippen LogP contribution in [0.15, 0.2) is 48.5 Å². The Morgan fingerprint density at radius 3 is 1.43 bits per heavy atom. The number of benzene rings is 2. The number of aromatic nitrogens is 4. The molecular formula is C54H82N4. The molecule has 2 atom stereocenters. The topological polar surface area (TPSA) is 51.6 Å². The van der Waals surface area contributed by atoms with Crippen LogP contribution in [-0.4, -0.2) is 20.4 Å². The first-order valence-corrected chi connectivity index (χ1v) is 21.9. The fourth-order valence-corrected chi connectivity index (χ4v) is 5.83. The molecule has 0 saturated carbocycles. The molecule has 4 heteroatoms. The second-order valence-electron chi connectivity index (χ2n) is 21.8. The number of fused-ring (bicyclic) bond motifs is 2. The number of nitrogens with zero attached hydrogens (tertiary/aromatic N) is 4. The third-order valence-electron chi connectivity index (χ3n) is 9.40. The molecule has 2 unspecified atom stereocenters. The second kappa shape index (κ2) is 22.4. The first-order valence-electron chi connectivity index (χ1n) is 21.9. The minimum Gasteiger partial charge on any atom is -0.131 e. The number of rotatable bonds is 0. The second-order valence-corrected chi connectivity index (χ2v) is 21.8. The molecule has 2 aliphatic rings. The van der Waals surface area contributed by atoms with Gasteiger partial charge in [-0.15, -0.1) is 26.3 Å². The van der Waals surface area contributed by atoms with Gasteiger partial charge in [-0.2, -0.15) is 0 Å². The maximum atomic E-state index is 4.09. The maximum Gasteiger partial charge on any atom is 0.178 e. The van der Waals surface area contributed by atoms with Crippen molar-refractivity contribution in [1.82, 2.24) is 20.4 Å². The van der Waals surface area contributed by atoms with E-state index in [0.29, 0.717) is 28.9 Å². The summed E-state index contributed by atoms with van der Waals surface area (Å²) in [7, 11) is 0. The van der Waals surface area contributed by atoms with Crippen LogP contribution in [0.3, 0.4) is 0 Å². The van der Waals surface area contributed by atoms with E-state index in [4.69, 9.17) is 0 Å². The van der Waals surface area contributed by atoms with Crippen molar-refractivity contribution in [1.29, 1.82) is 0 Å². The Labute approximate surface area is 358 Å². The summed E-state index contributed by atoms with van der Waals surface area (Å²) in [6, 6.07) is 17.2. The highest BCUT2D eigenvalue weighted by Gasteiger charge is 2.29. The van der Waals surface area contributed by atoms with Crippen molar-refractivity contribution >= 4 is 0 Å². The third-order valence-corrected chi connectivity index (χ3v) is 9.40. The van der Waals surface area contributed by atoms with E-state index in [2.05, 4.69) is 188 Å². The normalized spacial score (nSPS) is 16.4. The Morgan fingerprint density at radius 1 is 0.534 bits per heavy atom. The molecule has 4 nitrogen and oxygen atoms in total. The van der Waals surface area contributed by atoms with E-state index in [1.54, 1.807) is 0 Å². The van der Waals surface area contributed by atoms with Crippen LogP contribution in [0.4, 0.5) is 0 Å². The summed E-state index contributed by atoms with van der Waals surface area (Å²) in [5.74, 6) is 22.3. The van der Waals surface area contributed by atoms with Crippen LogP contribution < -0.4 is 0 Å². The Balaban J connectivity index is 0.000000395. The zero-order valence-electron chi connectivity index (χ0n) is 40.8. The van der Waals surface area contributed by atoms with Gasteiger partial charge in [-0.1, -0.05) is 176 Å². The molecular weight excluding hydrogens is 705 g/mol. The third kappa shape index (κ3) is 20.2. The van der Waals surface area contributed by atoms with Gasteiger partial charge < -0.3 is 0 Å². The number of hydrogen-bond donors (Lipinski definition) is 0. The maximum absolute atomic E-state index is 4.09. The number of hydrogen-bond acceptors (Lipinski definition) is 4. The first kappa shape index (κ1) is 52.1. The lowest BCUT2D eigenvalue weighted by atomic mass is 9.71. The summed E-state index contributed by atoms with van der Waals surface area (Å²) < 4.78 is 0. The molecule has 0 N–H and O–H groups in total. The minimum absolute atomic E-state index is 0.0869. The van der Waals surface area contributed by atoms with E-state index >= 15 is 0 Å². The van der Waals surface area contributed by atoms with Crippen molar-refractivity contribution in [3.63, 3.8) is 0 Å². The summed E-state index contributed by atoms with van der Waals surface area (Å²) in [4.78, 5) is 0. The SMILES string of the molecule is CC.CC(C)(C)C#CC(C)(C)C.CC(C)(C)C1C#CCCCCC1.CC(C)(C)C1Cc2ccccc2C#Cc2ccccc21.CC(C)(C)c1nnc(C(C)(C)C)nn1. The van der Waals surface area contributed by atoms with E-state index in [-0.39, 0.29) is 27.1 Å². The Bertz CT molecular complexity index is 1810. The van der Waals surface area contributed by atoms with Crippen molar-refractivity contribution in [2.24, 2.45) is 27.6 Å². The van der Waals surface area contributed by atoms with Crippen molar-refractivity contribution in [3.8, 4) is 35.5 Å². The fourth-order valence-electron chi connectivity index (χ4n) is 5.83. The highest BCUT2D eigenvalue weighted by Crippen LogP contribution is 2.40. The summed E-state index contributed by atoms with van der Waals surface area (Å²) in [5.41, 5.74) is 5.84. The Morgan fingerprint density at radius 2 is 0.983 bits per heavy atom. The van der Waals surface area contributed by atoms with E-state index < -0.39 is 0 Å². The lowest BCUT2D eigenvalue weighted by Gasteiger charge is -2.33. The van der Waals surface area contributed by atoms with Crippen LogP contribution in [0.5, 0.6) is 0 Å². The zero-order chi connectivity index (χ0) is 44.6. The van der Waals surface area contributed by atoms with Crippen LogP contribution in [0, 0.1) is 63.1 Å². The van der Waals surface area contributed by atoms with Gasteiger partial charge in [0, 0.05) is 45.1 Å². The molecule has 0 saturated heterocycles. The summed E-state index contributed by atoms with van der Waals surface area (Å²) >= 11 is 0. The molecule has 0 fully saturated rings. The molecule has 318 valence electrons.